The molecule has 0 radical (unpaired) electrons. The highest BCUT2D eigenvalue weighted by Gasteiger charge is 2.28. The lowest BCUT2D eigenvalue weighted by atomic mass is 10.1. The van der Waals surface area contributed by atoms with Crippen molar-refractivity contribution >= 4 is 12.0 Å². The molecule has 6 nitrogen and oxygen atoms in total. The fourth-order valence-electron chi connectivity index (χ4n) is 2.49. The van der Waals surface area contributed by atoms with E-state index in [1.807, 2.05) is 20.8 Å². The highest BCUT2D eigenvalue weighted by molar-refractivity contribution is 5.76. The minimum Gasteiger partial charge on any atom is -0.481 e. The number of carbonyl (C=O) groups excluding carboxylic acids is 1. The van der Waals surface area contributed by atoms with Crippen LogP contribution in [0.2, 0.25) is 0 Å². The van der Waals surface area contributed by atoms with Crippen molar-refractivity contribution in [3.8, 4) is 0 Å². The van der Waals surface area contributed by atoms with E-state index in [1.165, 1.54) is 6.42 Å². The van der Waals surface area contributed by atoms with E-state index in [-0.39, 0.29) is 24.5 Å². The number of carboxylic acid groups (broad SMARTS) is 1. The van der Waals surface area contributed by atoms with E-state index in [9.17, 15) is 9.59 Å². The SMILES string of the molecule is CN1CCCC1CNC(=O)N(CCC(=O)O)C(C)(C)C. The molecule has 1 aliphatic heterocycles. The van der Waals surface area contributed by atoms with Gasteiger partial charge in [-0.15, -0.1) is 0 Å². The molecule has 1 unspecified atom stereocenters. The summed E-state index contributed by atoms with van der Waals surface area (Å²) in [5.74, 6) is -0.887. The Morgan fingerprint density at radius 2 is 2.05 bits per heavy atom. The van der Waals surface area contributed by atoms with E-state index in [0.717, 1.165) is 13.0 Å². The Labute approximate surface area is 121 Å². The molecule has 1 atom stereocenters. The molecule has 116 valence electrons. The predicted molar refractivity (Wildman–Crippen MR) is 77.8 cm³/mol. The normalized spacial score (nSPS) is 19.9. The summed E-state index contributed by atoms with van der Waals surface area (Å²) in [6, 6.07) is 0.208. The van der Waals surface area contributed by atoms with Gasteiger partial charge in [-0.2, -0.15) is 0 Å². The largest absolute Gasteiger partial charge is 0.481 e. The van der Waals surface area contributed by atoms with Crippen LogP contribution in [0.5, 0.6) is 0 Å². The molecule has 1 rings (SSSR count). The Morgan fingerprint density at radius 1 is 1.40 bits per heavy atom. The van der Waals surface area contributed by atoms with E-state index in [2.05, 4.69) is 17.3 Å². The van der Waals surface area contributed by atoms with E-state index in [0.29, 0.717) is 12.6 Å². The molecule has 1 fully saturated rings. The Morgan fingerprint density at radius 3 is 2.50 bits per heavy atom. The molecule has 2 N–H and O–H groups in total. The monoisotopic (exact) mass is 285 g/mol. The number of carbonyl (C=O) groups is 2. The van der Waals surface area contributed by atoms with Crippen molar-refractivity contribution in [1.29, 1.82) is 0 Å². The maximum atomic E-state index is 12.3. The molecule has 0 aromatic heterocycles. The molecule has 6 heteroatoms. The number of urea groups is 1. The van der Waals surface area contributed by atoms with Gasteiger partial charge in [0, 0.05) is 24.7 Å². The van der Waals surface area contributed by atoms with Gasteiger partial charge in [-0.05, 0) is 47.2 Å². The van der Waals surface area contributed by atoms with E-state index >= 15 is 0 Å². The Bertz CT molecular complexity index is 352. The quantitative estimate of drug-likeness (QED) is 0.800. The zero-order valence-corrected chi connectivity index (χ0v) is 13.0. The molecule has 0 aliphatic carbocycles. The van der Waals surface area contributed by atoms with Gasteiger partial charge in [0.15, 0.2) is 0 Å². The molecule has 0 aromatic rings. The van der Waals surface area contributed by atoms with Crippen molar-refractivity contribution in [3.63, 3.8) is 0 Å². The van der Waals surface area contributed by atoms with Crippen LogP contribution in [0.4, 0.5) is 4.79 Å². The summed E-state index contributed by atoms with van der Waals surface area (Å²) in [7, 11) is 2.07. The van der Waals surface area contributed by atoms with Crippen molar-refractivity contribution in [2.75, 3.05) is 26.7 Å². The fraction of sp³-hybridized carbons (Fsp3) is 0.857. The average molecular weight is 285 g/mol. The van der Waals surface area contributed by atoms with Crippen LogP contribution in [0.15, 0.2) is 0 Å². The molecule has 1 heterocycles. The van der Waals surface area contributed by atoms with Crippen LogP contribution in [-0.2, 0) is 4.79 Å². The standard InChI is InChI=1S/C14H27N3O3/c1-14(2,3)17(9-7-12(18)19)13(20)15-10-11-6-5-8-16(11)4/h11H,5-10H2,1-4H3,(H,15,20)(H,18,19). The van der Waals surface area contributed by atoms with Crippen molar-refractivity contribution in [2.24, 2.45) is 0 Å². The van der Waals surface area contributed by atoms with Gasteiger partial charge in [0.1, 0.15) is 0 Å². The second-order valence-corrected chi connectivity index (χ2v) is 6.43. The van der Waals surface area contributed by atoms with Gasteiger partial charge in [0.25, 0.3) is 0 Å². The Kier molecular flexibility index (Phi) is 5.80. The fourth-order valence-corrected chi connectivity index (χ4v) is 2.49. The number of aliphatic carboxylic acids is 1. The molecule has 1 saturated heterocycles. The van der Waals surface area contributed by atoms with Crippen LogP contribution < -0.4 is 5.32 Å². The lowest BCUT2D eigenvalue weighted by Crippen LogP contribution is -2.52. The van der Waals surface area contributed by atoms with E-state index in [1.54, 1.807) is 4.90 Å². The molecule has 0 bridgehead atoms. The van der Waals surface area contributed by atoms with Crippen molar-refractivity contribution in [3.05, 3.63) is 0 Å². The number of amides is 2. The van der Waals surface area contributed by atoms with Crippen molar-refractivity contribution in [1.82, 2.24) is 15.1 Å². The number of nitrogens with zero attached hydrogens (tertiary/aromatic N) is 2. The number of rotatable bonds is 5. The van der Waals surface area contributed by atoms with Crippen LogP contribution >= 0.6 is 0 Å². The van der Waals surface area contributed by atoms with Gasteiger partial charge in [-0.25, -0.2) is 4.79 Å². The first-order chi connectivity index (χ1) is 9.21. The first kappa shape index (κ1) is 16.8. The number of hydrogen-bond donors (Lipinski definition) is 2. The van der Waals surface area contributed by atoms with Gasteiger partial charge in [-0.3, -0.25) is 4.79 Å². The second-order valence-electron chi connectivity index (χ2n) is 6.43. The van der Waals surface area contributed by atoms with E-state index < -0.39 is 5.97 Å². The topological polar surface area (TPSA) is 72.9 Å². The van der Waals surface area contributed by atoms with Crippen LogP contribution in [0.1, 0.15) is 40.0 Å². The second kappa shape index (κ2) is 6.92. The number of carboxylic acids is 1. The third-order valence-electron chi connectivity index (χ3n) is 3.76. The van der Waals surface area contributed by atoms with Gasteiger partial charge < -0.3 is 20.2 Å². The number of nitrogens with one attached hydrogen (secondary N) is 1. The minimum absolute atomic E-state index is 0.0337. The number of likely N-dealkylation sites (N-methyl/N-ethyl adjacent to an activating group) is 1. The molecular weight excluding hydrogens is 258 g/mol. The van der Waals surface area contributed by atoms with Crippen molar-refractivity contribution < 1.29 is 14.7 Å². The Balaban J connectivity index is 2.52. The third-order valence-corrected chi connectivity index (χ3v) is 3.76. The highest BCUT2D eigenvalue weighted by atomic mass is 16.4. The first-order valence-corrected chi connectivity index (χ1v) is 7.19. The molecule has 2 amide bonds. The highest BCUT2D eigenvalue weighted by Crippen LogP contribution is 2.16. The minimum atomic E-state index is -0.887. The molecule has 1 aliphatic rings. The third kappa shape index (κ3) is 5.00. The summed E-state index contributed by atoms with van der Waals surface area (Å²) in [4.78, 5) is 26.8. The van der Waals surface area contributed by atoms with Gasteiger partial charge in [-0.1, -0.05) is 0 Å². The van der Waals surface area contributed by atoms with Crippen LogP contribution in [0.3, 0.4) is 0 Å². The lowest BCUT2D eigenvalue weighted by Gasteiger charge is -2.36. The zero-order valence-electron chi connectivity index (χ0n) is 13.0. The molecule has 0 spiro atoms. The summed E-state index contributed by atoms with van der Waals surface area (Å²) in [5, 5.41) is 11.7. The van der Waals surface area contributed by atoms with Gasteiger partial charge >= 0.3 is 12.0 Å². The predicted octanol–water partition coefficient (Wildman–Crippen LogP) is 1.37. The van der Waals surface area contributed by atoms with Crippen molar-refractivity contribution in [2.45, 2.75) is 51.6 Å². The summed E-state index contributed by atoms with van der Waals surface area (Å²) in [6.07, 6.45) is 2.23. The maximum absolute atomic E-state index is 12.3. The molecule has 0 saturated carbocycles. The number of likely N-dealkylation sites (tertiary alicyclic amines) is 1. The lowest BCUT2D eigenvalue weighted by molar-refractivity contribution is -0.137. The van der Waals surface area contributed by atoms with Gasteiger partial charge in [0.2, 0.25) is 0 Å². The first-order valence-electron chi connectivity index (χ1n) is 7.19. The van der Waals surface area contributed by atoms with Crippen LogP contribution in [0, 0.1) is 0 Å². The molecule has 20 heavy (non-hydrogen) atoms. The van der Waals surface area contributed by atoms with E-state index in [4.69, 9.17) is 5.11 Å². The molecular formula is C14H27N3O3. The van der Waals surface area contributed by atoms with Crippen LogP contribution in [0.25, 0.3) is 0 Å². The summed E-state index contributed by atoms with van der Waals surface area (Å²) in [6.45, 7) is 7.66. The summed E-state index contributed by atoms with van der Waals surface area (Å²) < 4.78 is 0. The summed E-state index contributed by atoms with van der Waals surface area (Å²) >= 11 is 0. The maximum Gasteiger partial charge on any atom is 0.317 e. The smallest absolute Gasteiger partial charge is 0.317 e. The molecule has 0 aromatic carbocycles. The average Bonchev–Trinajstić information content (AvgIpc) is 2.70. The number of hydrogen-bond acceptors (Lipinski definition) is 3. The van der Waals surface area contributed by atoms with Gasteiger partial charge in [0.05, 0.1) is 6.42 Å². The zero-order chi connectivity index (χ0) is 15.3. The van der Waals surface area contributed by atoms with Crippen LogP contribution in [-0.4, -0.2) is 65.2 Å². The Hall–Kier alpha value is -1.30. The summed E-state index contributed by atoms with van der Waals surface area (Å²) in [5.41, 5.74) is -0.388.